The number of nitrogens with one attached hydrogen (secondary N) is 1. The van der Waals surface area contributed by atoms with Crippen molar-refractivity contribution in [1.29, 1.82) is 0 Å². The van der Waals surface area contributed by atoms with Crippen molar-refractivity contribution in [3.8, 4) is 0 Å². The first-order chi connectivity index (χ1) is 8.39. The van der Waals surface area contributed by atoms with Crippen LogP contribution in [0.4, 0.5) is 0 Å². The van der Waals surface area contributed by atoms with Crippen LogP contribution in [0.3, 0.4) is 0 Å². The van der Waals surface area contributed by atoms with Crippen molar-refractivity contribution in [3.63, 3.8) is 0 Å². The quantitative estimate of drug-likeness (QED) is 0.354. The summed E-state index contributed by atoms with van der Waals surface area (Å²) in [6.07, 6.45) is -4.01. The summed E-state index contributed by atoms with van der Waals surface area (Å²) in [7, 11) is 0. The van der Waals surface area contributed by atoms with Gasteiger partial charge in [0.05, 0.1) is 0 Å². The van der Waals surface area contributed by atoms with Crippen LogP contribution in [-0.2, 0) is 9.53 Å². The second-order valence-electron chi connectivity index (χ2n) is 3.70. The Labute approximate surface area is 106 Å². The molecule has 1 unspecified atom stereocenters. The molecular formula is C9H17NO6Se. The topological polar surface area (TPSA) is 119 Å². The summed E-state index contributed by atoms with van der Waals surface area (Å²) in [6.45, 7) is -1.12. The monoisotopic (exact) mass is 316 g/mol. The molecular weight excluding hydrogens is 297 g/mol. The first-order valence-corrected chi connectivity index (χ1v) is 7.47. The molecule has 1 fully saturated rings. The van der Waals surface area contributed by atoms with E-state index in [-0.39, 0.29) is 0 Å². The van der Waals surface area contributed by atoms with E-state index in [1.54, 1.807) is 5.82 Å². The van der Waals surface area contributed by atoms with Crippen molar-refractivity contribution >= 4 is 20.9 Å². The SMILES string of the molecule is [2H]CC(=O)N[C@@H]1[C@@H](O)[C@@H](O)[C@@H](CO)OC1(O)[Se]C. The molecule has 0 saturated carbocycles. The van der Waals surface area contributed by atoms with E-state index in [9.17, 15) is 20.1 Å². The van der Waals surface area contributed by atoms with Gasteiger partial charge in [0.1, 0.15) is 0 Å². The van der Waals surface area contributed by atoms with Gasteiger partial charge in [-0.3, -0.25) is 0 Å². The van der Waals surface area contributed by atoms with Gasteiger partial charge >= 0.3 is 106 Å². The summed E-state index contributed by atoms with van der Waals surface area (Å²) in [5.41, 5.74) is 0. The standard InChI is InChI=1S/C9H17NO6Se/c1-4(12)10-8-7(14)6(13)5(3-11)16-9(8,15)17-2/h5-8,11,13-15H,3H2,1-2H3,(H,10,12)/t5-,6+,7+,8-,9?/m1/s1/i1D. The number of amides is 1. The fourth-order valence-corrected chi connectivity index (χ4v) is 3.07. The van der Waals surface area contributed by atoms with Gasteiger partial charge in [-0.15, -0.1) is 0 Å². The molecule has 1 aliphatic heterocycles. The van der Waals surface area contributed by atoms with Gasteiger partial charge in [0.25, 0.3) is 0 Å². The summed E-state index contributed by atoms with van der Waals surface area (Å²) < 4.78 is 10.2. The molecule has 1 saturated heterocycles. The van der Waals surface area contributed by atoms with E-state index in [4.69, 9.17) is 11.2 Å². The van der Waals surface area contributed by atoms with Crippen LogP contribution < -0.4 is 5.32 Å². The minimum atomic E-state index is -1.83. The maximum atomic E-state index is 11.2. The number of hydrogen-bond donors (Lipinski definition) is 5. The number of carbonyl (C=O) groups is 1. The third kappa shape index (κ3) is 2.97. The molecule has 0 aromatic rings. The minimum absolute atomic E-state index is 0.540. The molecule has 1 rings (SSSR count). The number of ether oxygens (including phenoxy) is 1. The Morgan fingerprint density at radius 1 is 1.59 bits per heavy atom. The molecule has 5 N–H and O–H groups in total. The molecule has 0 aromatic heterocycles. The average molecular weight is 315 g/mol. The molecule has 5 atom stereocenters. The fraction of sp³-hybridized carbons (Fsp3) is 0.889. The Balaban J connectivity index is 2.93. The number of rotatable bonds is 3. The van der Waals surface area contributed by atoms with Crippen LogP contribution in [0.2, 0.25) is 5.82 Å². The van der Waals surface area contributed by atoms with E-state index in [1.165, 1.54) is 0 Å². The van der Waals surface area contributed by atoms with Gasteiger partial charge in [-0.2, -0.15) is 0 Å². The molecule has 0 spiro atoms. The molecule has 100 valence electrons. The molecule has 1 heterocycles. The van der Waals surface area contributed by atoms with Gasteiger partial charge in [0.15, 0.2) is 0 Å². The van der Waals surface area contributed by atoms with Gasteiger partial charge in [-0.1, -0.05) is 0 Å². The maximum absolute atomic E-state index is 11.2. The van der Waals surface area contributed by atoms with Crippen LogP contribution >= 0.6 is 0 Å². The van der Waals surface area contributed by atoms with Gasteiger partial charge in [-0.25, -0.2) is 0 Å². The molecule has 0 aliphatic carbocycles. The molecule has 8 heteroatoms. The van der Waals surface area contributed by atoms with Crippen LogP contribution in [0.15, 0.2) is 0 Å². The molecule has 0 aromatic carbocycles. The summed E-state index contributed by atoms with van der Waals surface area (Å²) in [6, 6.07) is -1.22. The summed E-state index contributed by atoms with van der Waals surface area (Å²) in [5, 5.41) is 41.0. The summed E-state index contributed by atoms with van der Waals surface area (Å²) >= 11 is -0.540. The van der Waals surface area contributed by atoms with Gasteiger partial charge in [0.2, 0.25) is 0 Å². The third-order valence-electron chi connectivity index (χ3n) is 2.57. The summed E-state index contributed by atoms with van der Waals surface area (Å²) in [4.78, 5) is 11.2. The van der Waals surface area contributed by atoms with E-state index in [1.807, 2.05) is 0 Å². The van der Waals surface area contributed by atoms with Crippen LogP contribution in [0.25, 0.3) is 0 Å². The van der Waals surface area contributed by atoms with E-state index in [0.29, 0.717) is 0 Å². The van der Waals surface area contributed by atoms with Crippen molar-refractivity contribution in [3.05, 3.63) is 0 Å². The Bertz CT molecular complexity index is 309. The van der Waals surface area contributed by atoms with Crippen molar-refractivity contribution < 1.29 is 31.3 Å². The second kappa shape index (κ2) is 5.62. The fourth-order valence-electron chi connectivity index (χ4n) is 1.66. The Morgan fingerprint density at radius 3 is 2.71 bits per heavy atom. The van der Waals surface area contributed by atoms with E-state index >= 15 is 0 Å². The van der Waals surface area contributed by atoms with Gasteiger partial charge in [0, 0.05) is 0 Å². The first-order valence-electron chi connectivity index (χ1n) is 5.61. The molecule has 17 heavy (non-hydrogen) atoms. The Kier molecular flexibility index (Phi) is 4.37. The number of carbonyl (C=O) groups excluding carboxylic acids is 1. The van der Waals surface area contributed by atoms with Gasteiger partial charge in [-0.05, 0) is 0 Å². The zero-order valence-corrected chi connectivity index (χ0v) is 11.0. The van der Waals surface area contributed by atoms with Crippen molar-refractivity contribution in [2.75, 3.05) is 6.61 Å². The van der Waals surface area contributed by atoms with Crippen LogP contribution in [-0.4, -0.2) is 76.9 Å². The van der Waals surface area contributed by atoms with E-state index in [2.05, 4.69) is 5.32 Å². The van der Waals surface area contributed by atoms with Crippen LogP contribution in [0, 0.1) is 0 Å². The van der Waals surface area contributed by atoms with E-state index in [0.717, 1.165) is 0 Å². The molecule has 1 amide bonds. The second-order valence-corrected chi connectivity index (χ2v) is 5.78. The van der Waals surface area contributed by atoms with Crippen LogP contribution in [0.5, 0.6) is 0 Å². The van der Waals surface area contributed by atoms with Crippen molar-refractivity contribution in [2.24, 2.45) is 0 Å². The molecule has 0 bridgehead atoms. The molecule has 1 aliphatic rings. The van der Waals surface area contributed by atoms with Crippen molar-refractivity contribution in [2.45, 2.75) is 41.8 Å². The first kappa shape index (κ1) is 13.2. The number of hydrogen-bond acceptors (Lipinski definition) is 6. The van der Waals surface area contributed by atoms with Crippen molar-refractivity contribution in [1.82, 2.24) is 5.32 Å². The Hall–Kier alpha value is -0.211. The predicted octanol–water partition coefficient (Wildman–Crippen LogP) is -3.00. The van der Waals surface area contributed by atoms with E-state index < -0.39 is 63.4 Å². The zero-order chi connectivity index (χ0) is 13.9. The normalized spacial score (nSPS) is 43.0. The number of aliphatic hydroxyl groups excluding tert-OH is 3. The number of aliphatic hydroxyl groups is 4. The third-order valence-corrected chi connectivity index (χ3v) is 4.54. The average Bonchev–Trinajstić information content (AvgIpc) is 2.38. The molecule has 7 nitrogen and oxygen atoms in total. The zero-order valence-electron chi connectivity index (χ0n) is 10.2. The molecule has 0 radical (unpaired) electrons. The summed E-state index contributed by atoms with van der Waals surface area (Å²) in [5.74, 6) is 0.936. The van der Waals surface area contributed by atoms with Gasteiger partial charge < -0.3 is 0 Å². The van der Waals surface area contributed by atoms with Crippen LogP contribution in [0.1, 0.15) is 8.27 Å². The predicted molar refractivity (Wildman–Crippen MR) is 58.1 cm³/mol. The Morgan fingerprint density at radius 2 is 2.24 bits per heavy atom.